The fourth-order valence-electron chi connectivity index (χ4n) is 5.48. The zero-order valence-electron chi connectivity index (χ0n) is 13.5. The van der Waals surface area contributed by atoms with E-state index in [1.807, 2.05) is 0 Å². The lowest BCUT2D eigenvalue weighted by atomic mass is 9.53. The molecule has 1 N–H and O–H groups in total. The van der Waals surface area contributed by atoms with Gasteiger partial charge in [0.1, 0.15) is 0 Å². The number of methoxy groups -OCH3 is 1. The van der Waals surface area contributed by atoms with E-state index in [4.69, 9.17) is 4.74 Å². The van der Waals surface area contributed by atoms with Gasteiger partial charge in [-0.2, -0.15) is 0 Å². The number of amides is 1. The summed E-state index contributed by atoms with van der Waals surface area (Å²) in [6, 6.07) is 6.80. The summed E-state index contributed by atoms with van der Waals surface area (Å²) in [6.45, 7) is 0. The summed E-state index contributed by atoms with van der Waals surface area (Å²) in [6.07, 6.45) is 7.44. The highest BCUT2D eigenvalue weighted by molar-refractivity contribution is 5.98. The van der Waals surface area contributed by atoms with Gasteiger partial charge in [0.25, 0.3) is 5.91 Å². The number of carbonyl (C=O) groups excluding carboxylic acids is 2. The van der Waals surface area contributed by atoms with Crippen LogP contribution in [-0.2, 0) is 4.74 Å². The fourth-order valence-corrected chi connectivity index (χ4v) is 5.48. The summed E-state index contributed by atoms with van der Waals surface area (Å²) in [5.74, 6) is 1.92. The molecule has 4 aliphatic carbocycles. The lowest BCUT2D eigenvalue weighted by molar-refractivity contribution is -0.0167. The summed E-state index contributed by atoms with van der Waals surface area (Å²) in [5.41, 5.74) is 0.960. The van der Waals surface area contributed by atoms with Crippen molar-refractivity contribution in [1.29, 1.82) is 0 Å². The van der Waals surface area contributed by atoms with E-state index in [2.05, 4.69) is 5.32 Å². The van der Waals surface area contributed by atoms with Crippen LogP contribution >= 0.6 is 0 Å². The van der Waals surface area contributed by atoms with Gasteiger partial charge in [-0.15, -0.1) is 0 Å². The Kier molecular flexibility index (Phi) is 3.43. The number of carbonyl (C=O) groups is 2. The fraction of sp³-hybridized carbons (Fsp3) is 0.579. The summed E-state index contributed by atoms with van der Waals surface area (Å²) in [4.78, 5) is 24.4. The van der Waals surface area contributed by atoms with E-state index in [1.165, 1.54) is 26.4 Å². The highest BCUT2D eigenvalue weighted by Gasteiger charge is 2.51. The standard InChI is InChI=1S/C19H23NO3/c1-23-18(22)16-4-2-3-15(8-16)17(21)20-19-9-12-5-13(10-19)7-14(6-12)11-19/h2-4,8,12-14H,5-7,9-11H2,1H3,(H,20,21). The van der Waals surface area contributed by atoms with Gasteiger partial charge in [-0.25, -0.2) is 4.79 Å². The number of hydrogen-bond donors (Lipinski definition) is 1. The molecule has 5 rings (SSSR count). The highest BCUT2D eigenvalue weighted by atomic mass is 16.5. The van der Waals surface area contributed by atoms with E-state index in [0.717, 1.165) is 37.0 Å². The van der Waals surface area contributed by atoms with E-state index in [1.54, 1.807) is 24.3 Å². The summed E-state index contributed by atoms with van der Waals surface area (Å²) in [7, 11) is 1.35. The van der Waals surface area contributed by atoms with Gasteiger partial charge in [0.15, 0.2) is 0 Å². The van der Waals surface area contributed by atoms with Crippen molar-refractivity contribution in [3.63, 3.8) is 0 Å². The van der Waals surface area contributed by atoms with E-state index in [0.29, 0.717) is 11.1 Å². The molecule has 0 radical (unpaired) electrons. The molecule has 4 aliphatic rings. The second-order valence-corrected chi connectivity index (χ2v) is 7.72. The van der Waals surface area contributed by atoms with Crippen molar-refractivity contribution < 1.29 is 14.3 Å². The molecule has 4 nitrogen and oxygen atoms in total. The van der Waals surface area contributed by atoms with Gasteiger partial charge in [0, 0.05) is 11.1 Å². The van der Waals surface area contributed by atoms with Crippen LogP contribution in [0, 0.1) is 17.8 Å². The van der Waals surface area contributed by atoms with Gasteiger partial charge in [-0.3, -0.25) is 4.79 Å². The topological polar surface area (TPSA) is 55.4 Å². The number of rotatable bonds is 3. The zero-order chi connectivity index (χ0) is 16.0. The van der Waals surface area contributed by atoms with Crippen molar-refractivity contribution in [2.45, 2.75) is 44.1 Å². The van der Waals surface area contributed by atoms with E-state index >= 15 is 0 Å². The Labute approximate surface area is 136 Å². The molecule has 0 saturated heterocycles. The molecule has 4 bridgehead atoms. The largest absolute Gasteiger partial charge is 0.465 e. The second-order valence-electron chi connectivity index (χ2n) is 7.72. The van der Waals surface area contributed by atoms with Crippen molar-refractivity contribution in [2.75, 3.05) is 7.11 Å². The average Bonchev–Trinajstić information content (AvgIpc) is 2.52. The third kappa shape index (κ3) is 2.64. The molecule has 23 heavy (non-hydrogen) atoms. The lowest BCUT2D eigenvalue weighted by Crippen LogP contribution is -2.59. The van der Waals surface area contributed by atoms with Crippen LogP contribution in [0.1, 0.15) is 59.2 Å². The van der Waals surface area contributed by atoms with Gasteiger partial charge < -0.3 is 10.1 Å². The molecule has 122 valence electrons. The molecule has 1 aromatic carbocycles. The minimum atomic E-state index is -0.408. The first-order valence-corrected chi connectivity index (χ1v) is 8.58. The third-order valence-electron chi connectivity index (χ3n) is 5.96. The molecule has 0 aromatic heterocycles. The smallest absolute Gasteiger partial charge is 0.337 e. The number of benzene rings is 1. The molecule has 4 heteroatoms. The van der Waals surface area contributed by atoms with Crippen LogP contribution in [0.15, 0.2) is 24.3 Å². The molecular formula is C19H23NO3. The maximum atomic E-state index is 12.7. The lowest BCUT2D eigenvalue weighted by Gasteiger charge is -2.56. The van der Waals surface area contributed by atoms with Crippen LogP contribution in [0.25, 0.3) is 0 Å². The molecule has 4 fully saturated rings. The normalized spacial score (nSPS) is 34.2. The number of nitrogens with one attached hydrogen (secondary N) is 1. The molecule has 0 unspecified atom stereocenters. The van der Waals surface area contributed by atoms with Gasteiger partial charge in [0.2, 0.25) is 0 Å². The van der Waals surface area contributed by atoms with Crippen molar-refractivity contribution >= 4 is 11.9 Å². The molecule has 1 amide bonds. The second kappa shape index (κ2) is 5.36. The minimum absolute atomic E-state index is 0.00684. The third-order valence-corrected chi connectivity index (χ3v) is 5.96. The quantitative estimate of drug-likeness (QED) is 0.872. The van der Waals surface area contributed by atoms with Crippen LogP contribution in [-0.4, -0.2) is 24.5 Å². The molecular weight excluding hydrogens is 290 g/mol. The van der Waals surface area contributed by atoms with Crippen molar-refractivity contribution in [2.24, 2.45) is 17.8 Å². The predicted molar refractivity (Wildman–Crippen MR) is 86.2 cm³/mol. The van der Waals surface area contributed by atoms with E-state index < -0.39 is 5.97 Å². The summed E-state index contributed by atoms with van der Waals surface area (Å²) < 4.78 is 4.73. The van der Waals surface area contributed by atoms with Crippen molar-refractivity contribution in [3.8, 4) is 0 Å². The first-order valence-electron chi connectivity index (χ1n) is 8.58. The Balaban J connectivity index is 1.53. The maximum Gasteiger partial charge on any atom is 0.337 e. The Bertz CT molecular complexity index is 616. The number of ether oxygens (including phenoxy) is 1. The molecule has 0 atom stereocenters. The average molecular weight is 313 g/mol. The Morgan fingerprint density at radius 3 is 2.17 bits per heavy atom. The van der Waals surface area contributed by atoms with Crippen LogP contribution in [0.3, 0.4) is 0 Å². The summed E-state index contributed by atoms with van der Waals surface area (Å²) >= 11 is 0. The Hall–Kier alpha value is -1.84. The number of hydrogen-bond acceptors (Lipinski definition) is 3. The van der Waals surface area contributed by atoms with Crippen molar-refractivity contribution in [3.05, 3.63) is 35.4 Å². The SMILES string of the molecule is COC(=O)c1cccc(C(=O)NC23CC4CC(CC(C4)C2)C3)c1. The predicted octanol–water partition coefficient (Wildman–Crippen LogP) is 3.17. The summed E-state index contributed by atoms with van der Waals surface area (Å²) in [5, 5.41) is 3.33. The van der Waals surface area contributed by atoms with Gasteiger partial charge >= 0.3 is 5.97 Å². The van der Waals surface area contributed by atoms with Crippen molar-refractivity contribution in [1.82, 2.24) is 5.32 Å². The highest BCUT2D eigenvalue weighted by Crippen LogP contribution is 2.55. The minimum Gasteiger partial charge on any atom is -0.465 e. The molecule has 0 heterocycles. The van der Waals surface area contributed by atoms with E-state index in [-0.39, 0.29) is 11.4 Å². The van der Waals surface area contributed by atoms with Crippen LogP contribution < -0.4 is 5.32 Å². The first kappa shape index (κ1) is 14.7. The van der Waals surface area contributed by atoms with Crippen LogP contribution in [0.5, 0.6) is 0 Å². The Morgan fingerprint density at radius 1 is 1.04 bits per heavy atom. The molecule has 0 aliphatic heterocycles. The molecule has 1 aromatic rings. The van der Waals surface area contributed by atoms with E-state index in [9.17, 15) is 9.59 Å². The first-order chi connectivity index (χ1) is 11.1. The van der Waals surface area contributed by atoms with Gasteiger partial charge in [-0.05, 0) is 74.5 Å². The van der Waals surface area contributed by atoms with Crippen LogP contribution in [0.4, 0.5) is 0 Å². The van der Waals surface area contributed by atoms with Crippen LogP contribution in [0.2, 0.25) is 0 Å². The molecule has 4 saturated carbocycles. The zero-order valence-corrected chi connectivity index (χ0v) is 13.5. The monoisotopic (exact) mass is 313 g/mol. The van der Waals surface area contributed by atoms with Gasteiger partial charge in [0.05, 0.1) is 12.7 Å². The number of esters is 1. The Morgan fingerprint density at radius 2 is 1.61 bits per heavy atom. The molecule has 0 spiro atoms. The van der Waals surface area contributed by atoms with Gasteiger partial charge in [-0.1, -0.05) is 6.07 Å². The maximum absolute atomic E-state index is 12.7.